The number of H-pyrrole nitrogens is 1. The lowest BCUT2D eigenvalue weighted by Crippen LogP contribution is -2.48. The summed E-state index contributed by atoms with van der Waals surface area (Å²) in [4.78, 5) is 21.3. The van der Waals surface area contributed by atoms with Crippen molar-refractivity contribution in [3.8, 4) is 5.88 Å². The highest BCUT2D eigenvalue weighted by Crippen LogP contribution is 2.39. The standard InChI is InChI=1S/C22H20F4N4O2/c1-13(31)29-7-9-30(10-8-29)19-6-5-14(11-16(19)22(24,25)26)27-12-15-20-17(23)3-2-4-18(20)28-21(15)32/h2-6,11-12,28,32H,7-10H2,1H3. The fraction of sp³-hybridized carbons (Fsp3) is 0.273. The number of anilines is 1. The Kier molecular flexibility index (Phi) is 5.53. The molecule has 0 atom stereocenters. The van der Waals surface area contributed by atoms with Crippen molar-refractivity contribution in [1.29, 1.82) is 0 Å². The first-order valence-electron chi connectivity index (χ1n) is 9.90. The number of aromatic hydroxyl groups is 1. The average molecular weight is 448 g/mol. The number of halogens is 4. The third-order valence-corrected chi connectivity index (χ3v) is 5.49. The Morgan fingerprint density at radius 2 is 1.88 bits per heavy atom. The van der Waals surface area contributed by atoms with E-state index in [0.717, 1.165) is 12.3 Å². The smallest absolute Gasteiger partial charge is 0.418 e. The van der Waals surface area contributed by atoms with E-state index in [9.17, 15) is 27.5 Å². The van der Waals surface area contributed by atoms with E-state index in [-0.39, 0.29) is 47.2 Å². The maximum absolute atomic E-state index is 14.2. The molecule has 2 heterocycles. The number of amides is 1. The number of hydrogen-bond donors (Lipinski definition) is 2. The van der Waals surface area contributed by atoms with Gasteiger partial charge in [-0.3, -0.25) is 9.79 Å². The first kappa shape index (κ1) is 21.7. The molecule has 0 spiro atoms. The summed E-state index contributed by atoms with van der Waals surface area (Å²) < 4.78 is 55.5. The monoisotopic (exact) mass is 448 g/mol. The molecule has 168 valence electrons. The van der Waals surface area contributed by atoms with Crippen LogP contribution in [-0.2, 0) is 11.0 Å². The first-order valence-corrected chi connectivity index (χ1v) is 9.90. The number of nitrogens with one attached hydrogen (secondary N) is 1. The van der Waals surface area contributed by atoms with E-state index in [2.05, 4.69) is 9.98 Å². The molecule has 10 heteroatoms. The number of rotatable bonds is 3. The zero-order valence-corrected chi connectivity index (χ0v) is 17.1. The number of aliphatic imine (C=N–C) groups is 1. The van der Waals surface area contributed by atoms with Gasteiger partial charge in [0, 0.05) is 50.4 Å². The second-order valence-electron chi connectivity index (χ2n) is 7.50. The van der Waals surface area contributed by atoms with E-state index >= 15 is 0 Å². The van der Waals surface area contributed by atoms with Crippen LogP contribution in [0.3, 0.4) is 0 Å². The minimum absolute atomic E-state index is 0.00790. The molecule has 0 unspecified atom stereocenters. The molecule has 2 aromatic carbocycles. The molecule has 1 aromatic heterocycles. The maximum Gasteiger partial charge on any atom is 0.418 e. The van der Waals surface area contributed by atoms with Crippen molar-refractivity contribution in [2.45, 2.75) is 13.1 Å². The fourth-order valence-corrected chi connectivity index (χ4v) is 3.85. The van der Waals surface area contributed by atoms with Gasteiger partial charge in [-0.25, -0.2) is 4.39 Å². The number of carbonyl (C=O) groups is 1. The Bertz CT molecular complexity index is 1190. The van der Waals surface area contributed by atoms with Gasteiger partial charge in [-0.1, -0.05) is 6.07 Å². The molecule has 1 amide bonds. The van der Waals surface area contributed by atoms with E-state index in [1.165, 1.54) is 31.2 Å². The van der Waals surface area contributed by atoms with Crippen molar-refractivity contribution < 1.29 is 27.5 Å². The predicted octanol–water partition coefficient (Wildman–Crippen LogP) is 4.45. The first-order chi connectivity index (χ1) is 15.1. The van der Waals surface area contributed by atoms with Crippen LogP contribution in [0.25, 0.3) is 10.9 Å². The number of nitrogens with zero attached hydrogens (tertiary/aromatic N) is 3. The molecule has 1 aliphatic rings. The molecule has 0 radical (unpaired) electrons. The number of carbonyl (C=O) groups excluding carboxylic acids is 1. The van der Waals surface area contributed by atoms with Crippen LogP contribution >= 0.6 is 0 Å². The van der Waals surface area contributed by atoms with Crippen molar-refractivity contribution in [2.24, 2.45) is 4.99 Å². The molecule has 1 aliphatic heterocycles. The quantitative estimate of drug-likeness (QED) is 0.459. The summed E-state index contributed by atoms with van der Waals surface area (Å²) in [6, 6.07) is 7.95. The number of hydrogen-bond acceptors (Lipinski definition) is 4. The molecule has 0 bridgehead atoms. The molecule has 1 saturated heterocycles. The van der Waals surface area contributed by atoms with Crippen molar-refractivity contribution in [2.75, 3.05) is 31.1 Å². The van der Waals surface area contributed by atoms with Crippen LogP contribution in [0.5, 0.6) is 5.88 Å². The van der Waals surface area contributed by atoms with Gasteiger partial charge in [-0.2, -0.15) is 13.2 Å². The molecule has 32 heavy (non-hydrogen) atoms. The third-order valence-electron chi connectivity index (χ3n) is 5.49. The van der Waals surface area contributed by atoms with Gasteiger partial charge < -0.3 is 19.9 Å². The second-order valence-corrected chi connectivity index (χ2v) is 7.50. The second kappa shape index (κ2) is 8.18. The predicted molar refractivity (Wildman–Crippen MR) is 113 cm³/mol. The Balaban J connectivity index is 1.66. The SMILES string of the molecule is CC(=O)N1CCN(c2ccc(N=Cc3c(O)[nH]c4cccc(F)c34)cc2C(F)(F)F)CC1. The van der Waals surface area contributed by atoms with Gasteiger partial charge in [0.25, 0.3) is 0 Å². The summed E-state index contributed by atoms with van der Waals surface area (Å²) in [6.45, 7) is 2.69. The number of piperazine rings is 1. The lowest BCUT2D eigenvalue weighted by atomic mass is 10.1. The van der Waals surface area contributed by atoms with Crippen LogP contribution in [0.15, 0.2) is 41.4 Å². The molecule has 1 fully saturated rings. The summed E-state index contributed by atoms with van der Waals surface area (Å²) in [5.74, 6) is -1.02. The number of benzene rings is 2. The molecular weight excluding hydrogens is 428 g/mol. The topological polar surface area (TPSA) is 71.9 Å². The van der Waals surface area contributed by atoms with Crippen molar-refractivity contribution in [3.05, 3.63) is 53.3 Å². The van der Waals surface area contributed by atoms with Crippen molar-refractivity contribution in [1.82, 2.24) is 9.88 Å². The van der Waals surface area contributed by atoms with Gasteiger partial charge in [0.05, 0.1) is 22.3 Å². The van der Waals surface area contributed by atoms with E-state index in [1.54, 1.807) is 15.9 Å². The van der Waals surface area contributed by atoms with Crippen LogP contribution in [0, 0.1) is 5.82 Å². The molecule has 0 saturated carbocycles. The Labute approximate surface area is 180 Å². The summed E-state index contributed by atoms with van der Waals surface area (Å²) in [5, 5.41) is 10.2. The van der Waals surface area contributed by atoms with Gasteiger partial charge in [-0.15, -0.1) is 0 Å². The van der Waals surface area contributed by atoms with E-state index in [4.69, 9.17) is 0 Å². The largest absolute Gasteiger partial charge is 0.494 e. The van der Waals surface area contributed by atoms with Gasteiger partial charge in [0.15, 0.2) is 5.88 Å². The molecule has 0 aliphatic carbocycles. The molecule has 6 nitrogen and oxygen atoms in total. The summed E-state index contributed by atoms with van der Waals surface area (Å²) in [5.41, 5.74) is -0.428. The Hall–Kier alpha value is -3.56. The lowest BCUT2D eigenvalue weighted by Gasteiger charge is -2.36. The maximum atomic E-state index is 14.2. The highest BCUT2D eigenvalue weighted by Gasteiger charge is 2.36. The number of alkyl halides is 3. The summed E-state index contributed by atoms with van der Waals surface area (Å²) in [6.07, 6.45) is -3.48. The van der Waals surface area contributed by atoms with Crippen molar-refractivity contribution in [3.63, 3.8) is 0 Å². The Morgan fingerprint density at radius 1 is 1.16 bits per heavy atom. The Morgan fingerprint density at radius 3 is 2.53 bits per heavy atom. The molecule has 4 rings (SSSR count). The molecule has 2 N–H and O–H groups in total. The minimum atomic E-state index is -4.62. The van der Waals surface area contributed by atoms with Crippen LogP contribution in [-0.4, -0.2) is 53.3 Å². The van der Waals surface area contributed by atoms with E-state index in [0.29, 0.717) is 18.6 Å². The normalized spacial score (nSPS) is 15.2. The van der Waals surface area contributed by atoms with Gasteiger partial charge >= 0.3 is 6.18 Å². The van der Waals surface area contributed by atoms with Crippen LogP contribution in [0.2, 0.25) is 0 Å². The lowest BCUT2D eigenvalue weighted by molar-refractivity contribution is -0.137. The van der Waals surface area contributed by atoms with Gasteiger partial charge in [-0.05, 0) is 30.3 Å². The van der Waals surface area contributed by atoms with Crippen LogP contribution in [0.4, 0.5) is 28.9 Å². The van der Waals surface area contributed by atoms with Crippen molar-refractivity contribution >= 4 is 34.4 Å². The minimum Gasteiger partial charge on any atom is -0.494 e. The zero-order chi connectivity index (χ0) is 23.0. The van der Waals surface area contributed by atoms with Crippen LogP contribution in [0.1, 0.15) is 18.1 Å². The summed E-state index contributed by atoms with van der Waals surface area (Å²) in [7, 11) is 0. The highest BCUT2D eigenvalue weighted by atomic mass is 19.4. The van der Waals surface area contributed by atoms with Gasteiger partial charge in [0.1, 0.15) is 5.82 Å². The average Bonchev–Trinajstić information content (AvgIpc) is 3.08. The van der Waals surface area contributed by atoms with E-state index < -0.39 is 17.6 Å². The summed E-state index contributed by atoms with van der Waals surface area (Å²) >= 11 is 0. The fourth-order valence-electron chi connectivity index (χ4n) is 3.85. The molecule has 3 aromatic rings. The van der Waals surface area contributed by atoms with Crippen LogP contribution < -0.4 is 4.90 Å². The van der Waals surface area contributed by atoms with E-state index in [1.807, 2.05) is 0 Å². The number of aromatic amines is 1. The molecular formula is C22H20F4N4O2. The third kappa shape index (κ3) is 4.12. The zero-order valence-electron chi connectivity index (χ0n) is 17.1. The number of fused-ring (bicyclic) bond motifs is 1. The number of aromatic nitrogens is 1. The highest BCUT2D eigenvalue weighted by molar-refractivity contribution is 6.02. The van der Waals surface area contributed by atoms with Gasteiger partial charge in [0.2, 0.25) is 5.91 Å².